The van der Waals surface area contributed by atoms with Gasteiger partial charge in [-0.05, 0) is 18.4 Å². The summed E-state index contributed by atoms with van der Waals surface area (Å²) in [4.78, 5) is 0. The Balaban J connectivity index is 3.00. The van der Waals surface area contributed by atoms with Crippen LogP contribution in [0.5, 0.6) is 17.2 Å². The van der Waals surface area contributed by atoms with Crippen molar-refractivity contribution in [1.82, 2.24) is 5.43 Å². The van der Waals surface area contributed by atoms with E-state index in [1.807, 2.05) is 12.1 Å². The molecule has 120 valence electrons. The van der Waals surface area contributed by atoms with Crippen molar-refractivity contribution < 1.29 is 14.2 Å². The average molecular weight is 296 g/mol. The third kappa shape index (κ3) is 4.79. The van der Waals surface area contributed by atoms with E-state index in [1.165, 1.54) is 6.42 Å². The maximum atomic E-state index is 5.73. The number of benzene rings is 1. The smallest absolute Gasteiger partial charge is 0.164 e. The highest BCUT2D eigenvalue weighted by atomic mass is 16.5. The number of hydrogen-bond acceptors (Lipinski definition) is 5. The number of hydrazine groups is 1. The molecule has 1 aromatic rings. The van der Waals surface area contributed by atoms with Gasteiger partial charge in [0.15, 0.2) is 11.5 Å². The number of rotatable bonds is 9. The van der Waals surface area contributed by atoms with E-state index in [-0.39, 0.29) is 6.04 Å². The summed E-state index contributed by atoms with van der Waals surface area (Å²) in [6.45, 7) is 4.45. The molecule has 0 fully saturated rings. The third-order valence-electron chi connectivity index (χ3n) is 3.59. The Morgan fingerprint density at radius 2 is 1.52 bits per heavy atom. The highest BCUT2D eigenvalue weighted by Gasteiger charge is 2.19. The van der Waals surface area contributed by atoms with Gasteiger partial charge in [-0.1, -0.05) is 26.7 Å². The molecule has 1 rings (SSSR count). The van der Waals surface area contributed by atoms with E-state index in [9.17, 15) is 0 Å². The van der Waals surface area contributed by atoms with E-state index in [0.717, 1.165) is 24.2 Å². The molecule has 0 aromatic heterocycles. The first kappa shape index (κ1) is 17.6. The van der Waals surface area contributed by atoms with Crippen LogP contribution >= 0.6 is 0 Å². The summed E-state index contributed by atoms with van der Waals surface area (Å²) in [6, 6.07) is 3.79. The molecular formula is C16H28N2O3. The fourth-order valence-electron chi connectivity index (χ4n) is 2.38. The first-order valence-corrected chi connectivity index (χ1v) is 7.33. The van der Waals surface area contributed by atoms with Gasteiger partial charge >= 0.3 is 0 Å². The number of ether oxygens (including phenoxy) is 3. The van der Waals surface area contributed by atoms with Crippen molar-refractivity contribution in [3.05, 3.63) is 17.7 Å². The standard InChI is InChI=1S/C16H28N2O3/c1-11(2)7-6-8-13(18-17)12-9-15(20-4)16(21-5)10-14(12)19-3/h9-11,13,18H,6-8,17H2,1-5H3. The second kappa shape index (κ2) is 8.74. The Bertz CT molecular complexity index is 436. The van der Waals surface area contributed by atoms with E-state index in [4.69, 9.17) is 20.1 Å². The predicted octanol–water partition coefficient (Wildman–Crippen LogP) is 3.04. The molecule has 0 heterocycles. The molecule has 3 N–H and O–H groups in total. The van der Waals surface area contributed by atoms with Crippen molar-refractivity contribution in [2.45, 2.75) is 39.2 Å². The summed E-state index contributed by atoms with van der Waals surface area (Å²) < 4.78 is 16.1. The fraction of sp³-hybridized carbons (Fsp3) is 0.625. The first-order valence-electron chi connectivity index (χ1n) is 7.33. The summed E-state index contributed by atoms with van der Waals surface area (Å²) in [5, 5.41) is 0. The molecule has 0 bridgehead atoms. The Hall–Kier alpha value is -1.46. The minimum Gasteiger partial charge on any atom is -0.496 e. The molecule has 0 aliphatic rings. The molecule has 0 amide bonds. The van der Waals surface area contributed by atoms with Gasteiger partial charge in [-0.3, -0.25) is 11.3 Å². The number of nitrogens with one attached hydrogen (secondary N) is 1. The van der Waals surface area contributed by atoms with Gasteiger partial charge in [0, 0.05) is 17.7 Å². The van der Waals surface area contributed by atoms with Gasteiger partial charge in [0.05, 0.1) is 21.3 Å². The molecule has 1 atom stereocenters. The van der Waals surface area contributed by atoms with Gasteiger partial charge in [0.1, 0.15) is 5.75 Å². The van der Waals surface area contributed by atoms with Crippen LogP contribution in [0.1, 0.15) is 44.7 Å². The highest BCUT2D eigenvalue weighted by Crippen LogP contribution is 2.38. The van der Waals surface area contributed by atoms with Crippen molar-refractivity contribution in [3.8, 4) is 17.2 Å². The van der Waals surface area contributed by atoms with Gasteiger partial charge in [0.25, 0.3) is 0 Å². The second-order valence-corrected chi connectivity index (χ2v) is 5.49. The zero-order chi connectivity index (χ0) is 15.8. The molecule has 1 unspecified atom stereocenters. The lowest BCUT2D eigenvalue weighted by Crippen LogP contribution is -2.28. The SMILES string of the molecule is COc1cc(OC)c(C(CCCC(C)C)NN)cc1OC. The van der Waals surface area contributed by atoms with Crippen molar-refractivity contribution in [2.24, 2.45) is 11.8 Å². The topological polar surface area (TPSA) is 65.7 Å². The summed E-state index contributed by atoms with van der Waals surface area (Å²) >= 11 is 0. The largest absolute Gasteiger partial charge is 0.496 e. The van der Waals surface area contributed by atoms with Crippen molar-refractivity contribution >= 4 is 0 Å². The Morgan fingerprint density at radius 3 is 2.00 bits per heavy atom. The van der Waals surface area contributed by atoms with Gasteiger partial charge in [-0.15, -0.1) is 0 Å². The lowest BCUT2D eigenvalue weighted by Gasteiger charge is -2.21. The summed E-state index contributed by atoms with van der Waals surface area (Å²) in [5.74, 6) is 8.50. The van der Waals surface area contributed by atoms with E-state index in [0.29, 0.717) is 17.4 Å². The van der Waals surface area contributed by atoms with E-state index >= 15 is 0 Å². The third-order valence-corrected chi connectivity index (χ3v) is 3.59. The molecule has 0 saturated heterocycles. The molecule has 0 radical (unpaired) electrons. The second-order valence-electron chi connectivity index (χ2n) is 5.49. The Labute approximate surface area is 127 Å². The van der Waals surface area contributed by atoms with Crippen LogP contribution in [-0.4, -0.2) is 21.3 Å². The van der Waals surface area contributed by atoms with Crippen LogP contribution in [0.2, 0.25) is 0 Å². The molecular weight excluding hydrogens is 268 g/mol. The lowest BCUT2D eigenvalue weighted by molar-refractivity contribution is 0.343. The highest BCUT2D eigenvalue weighted by molar-refractivity contribution is 5.51. The maximum Gasteiger partial charge on any atom is 0.164 e. The number of hydrogen-bond donors (Lipinski definition) is 2. The van der Waals surface area contributed by atoms with Crippen LogP contribution in [0.3, 0.4) is 0 Å². The summed E-state index contributed by atoms with van der Waals surface area (Å²) in [6.07, 6.45) is 3.22. The normalized spacial score (nSPS) is 12.3. The Morgan fingerprint density at radius 1 is 0.952 bits per heavy atom. The molecule has 0 spiro atoms. The summed E-state index contributed by atoms with van der Waals surface area (Å²) in [7, 11) is 4.88. The van der Waals surface area contributed by atoms with Gasteiger partial charge in [-0.25, -0.2) is 0 Å². The zero-order valence-corrected chi connectivity index (χ0v) is 13.7. The van der Waals surface area contributed by atoms with Crippen LogP contribution < -0.4 is 25.5 Å². The van der Waals surface area contributed by atoms with Crippen LogP contribution in [0.15, 0.2) is 12.1 Å². The fourth-order valence-corrected chi connectivity index (χ4v) is 2.38. The van der Waals surface area contributed by atoms with Crippen LogP contribution in [0.4, 0.5) is 0 Å². The van der Waals surface area contributed by atoms with Crippen molar-refractivity contribution in [2.75, 3.05) is 21.3 Å². The molecule has 5 nitrogen and oxygen atoms in total. The number of methoxy groups -OCH3 is 3. The van der Waals surface area contributed by atoms with Gasteiger partial charge in [0.2, 0.25) is 0 Å². The number of nitrogens with two attached hydrogens (primary N) is 1. The molecule has 0 aliphatic carbocycles. The van der Waals surface area contributed by atoms with E-state index in [2.05, 4.69) is 19.3 Å². The van der Waals surface area contributed by atoms with Crippen LogP contribution in [-0.2, 0) is 0 Å². The average Bonchev–Trinajstić information content (AvgIpc) is 2.50. The molecule has 21 heavy (non-hydrogen) atoms. The molecule has 0 saturated carbocycles. The van der Waals surface area contributed by atoms with E-state index in [1.54, 1.807) is 21.3 Å². The van der Waals surface area contributed by atoms with Crippen molar-refractivity contribution in [1.29, 1.82) is 0 Å². The lowest BCUT2D eigenvalue weighted by atomic mass is 9.97. The van der Waals surface area contributed by atoms with Gasteiger partial charge < -0.3 is 14.2 Å². The first-order chi connectivity index (χ1) is 10.1. The quantitative estimate of drug-likeness (QED) is 0.541. The maximum absolute atomic E-state index is 5.73. The van der Waals surface area contributed by atoms with Gasteiger partial charge in [-0.2, -0.15) is 0 Å². The zero-order valence-electron chi connectivity index (χ0n) is 13.7. The predicted molar refractivity (Wildman–Crippen MR) is 84.9 cm³/mol. The van der Waals surface area contributed by atoms with Crippen molar-refractivity contribution in [3.63, 3.8) is 0 Å². The molecule has 0 aliphatic heterocycles. The molecule has 5 heteroatoms. The molecule has 1 aromatic carbocycles. The minimum atomic E-state index is 0.0264. The Kier molecular flexibility index (Phi) is 7.32. The monoisotopic (exact) mass is 296 g/mol. The van der Waals surface area contributed by atoms with Crippen LogP contribution in [0, 0.1) is 5.92 Å². The minimum absolute atomic E-state index is 0.0264. The summed E-state index contributed by atoms with van der Waals surface area (Å²) in [5.41, 5.74) is 3.87. The van der Waals surface area contributed by atoms with E-state index < -0.39 is 0 Å². The van der Waals surface area contributed by atoms with Crippen LogP contribution in [0.25, 0.3) is 0 Å².